The predicted octanol–water partition coefficient (Wildman–Crippen LogP) is 2.95. The second-order valence-electron chi connectivity index (χ2n) is 7.85. The highest BCUT2D eigenvalue weighted by Crippen LogP contribution is 2.30. The zero-order valence-corrected chi connectivity index (χ0v) is 17.0. The molecule has 7 nitrogen and oxygen atoms in total. The number of hydrogen-bond donors (Lipinski definition) is 0. The number of rotatable bonds is 6. The van der Waals surface area contributed by atoms with E-state index in [4.69, 9.17) is 4.74 Å². The van der Waals surface area contributed by atoms with Gasteiger partial charge in [0.15, 0.2) is 11.2 Å². The van der Waals surface area contributed by atoms with Crippen LogP contribution in [0, 0.1) is 11.7 Å². The van der Waals surface area contributed by atoms with Crippen LogP contribution in [0.4, 0.5) is 4.39 Å². The number of aromatic nitrogens is 4. The van der Waals surface area contributed by atoms with Crippen molar-refractivity contribution in [1.29, 1.82) is 0 Å². The quantitative estimate of drug-likeness (QED) is 0.481. The van der Waals surface area contributed by atoms with Gasteiger partial charge in [0, 0.05) is 13.1 Å². The summed E-state index contributed by atoms with van der Waals surface area (Å²) < 4.78 is 23.2. The molecule has 0 atom stereocenters. The molecule has 5 rings (SSSR count). The van der Waals surface area contributed by atoms with Crippen LogP contribution in [0.3, 0.4) is 0 Å². The molecule has 0 unspecified atom stereocenters. The van der Waals surface area contributed by atoms with Crippen molar-refractivity contribution in [3.8, 4) is 11.4 Å². The Kier molecular flexibility index (Phi) is 4.69. The molecule has 0 spiro atoms. The molecular formula is C23H21FN4O3. The second kappa shape index (κ2) is 7.54. The van der Waals surface area contributed by atoms with Gasteiger partial charge in [0.1, 0.15) is 11.6 Å². The summed E-state index contributed by atoms with van der Waals surface area (Å²) in [6.45, 7) is 0.771. The molecule has 1 saturated carbocycles. The highest BCUT2D eigenvalue weighted by atomic mass is 19.1. The van der Waals surface area contributed by atoms with Crippen LogP contribution in [0.25, 0.3) is 16.9 Å². The maximum atomic E-state index is 13.5. The minimum Gasteiger partial charge on any atom is -0.497 e. The average Bonchev–Trinajstić information content (AvgIpc) is 3.51. The van der Waals surface area contributed by atoms with Crippen molar-refractivity contribution in [2.75, 3.05) is 7.11 Å². The molecule has 1 aliphatic carbocycles. The van der Waals surface area contributed by atoms with Crippen molar-refractivity contribution in [3.05, 3.63) is 87.1 Å². The van der Waals surface area contributed by atoms with E-state index in [0.717, 1.165) is 24.2 Å². The van der Waals surface area contributed by atoms with E-state index in [1.807, 2.05) is 24.3 Å². The summed E-state index contributed by atoms with van der Waals surface area (Å²) in [7, 11) is 1.60. The number of halogens is 1. The van der Waals surface area contributed by atoms with Gasteiger partial charge in [-0.05, 0) is 60.7 Å². The van der Waals surface area contributed by atoms with E-state index < -0.39 is 11.5 Å². The van der Waals surface area contributed by atoms with Crippen molar-refractivity contribution in [2.45, 2.75) is 25.9 Å². The first-order valence-corrected chi connectivity index (χ1v) is 10.1. The molecule has 4 aromatic rings. The molecule has 2 aromatic carbocycles. The Morgan fingerprint density at radius 2 is 1.90 bits per heavy atom. The molecule has 0 aliphatic heterocycles. The number of fused-ring (bicyclic) bond motifs is 1. The smallest absolute Gasteiger partial charge is 0.337 e. The molecule has 31 heavy (non-hydrogen) atoms. The SMILES string of the molecule is COc1cccc(Cn2cnc3c2c(=O)n(CC2CC2)c(=O)n3-c2ccc(F)cc2)c1. The first-order valence-electron chi connectivity index (χ1n) is 10.1. The third-order valence-corrected chi connectivity index (χ3v) is 5.61. The summed E-state index contributed by atoms with van der Waals surface area (Å²) in [6, 6.07) is 13.2. The zero-order chi connectivity index (χ0) is 21.5. The fourth-order valence-corrected chi connectivity index (χ4v) is 3.81. The highest BCUT2D eigenvalue weighted by Gasteiger charge is 2.26. The minimum absolute atomic E-state index is 0.261. The normalized spacial score (nSPS) is 13.6. The molecule has 0 radical (unpaired) electrons. The molecule has 0 bridgehead atoms. The number of imidazole rings is 1. The van der Waals surface area contributed by atoms with E-state index >= 15 is 0 Å². The fraction of sp³-hybridized carbons (Fsp3) is 0.261. The monoisotopic (exact) mass is 420 g/mol. The van der Waals surface area contributed by atoms with Crippen LogP contribution in [0.5, 0.6) is 5.75 Å². The molecule has 8 heteroatoms. The van der Waals surface area contributed by atoms with Gasteiger partial charge in [0.2, 0.25) is 0 Å². The standard InChI is InChI=1S/C23H21FN4O3/c1-31-19-4-2-3-16(11-19)12-26-14-25-21-20(26)22(29)27(13-15-5-6-15)23(30)28(21)18-9-7-17(24)8-10-18/h2-4,7-11,14-15H,5-6,12-13H2,1H3. The third-order valence-electron chi connectivity index (χ3n) is 5.61. The van der Waals surface area contributed by atoms with Crippen LogP contribution in [-0.2, 0) is 13.1 Å². The molecular weight excluding hydrogens is 399 g/mol. The summed E-state index contributed by atoms with van der Waals surface area (Å²) in [5.41, 5.74) is 1.19. The molecule has 1 fully saturated rings. The Morgan fingerprint density at radius 1 is 1.13 bits per heavy atom. The number of nitrogens with zero attached hydrogens (tertiary/aromatic N) is 4. The summed E-state index contributed by atoms with van der Waals surface area (Å²) in [5, 5.41) is 0. The van der Waals surface area contributed by atoms with Gasteiger partial charge in [-0.3, -0.25) is 9.36 Å². The summed E-state index contributed by atoms with van der Waals surface area (Å²) >= 11 is 0. The lowest BCUT2D eigenvalue weighted by atomic mass is 10.2. The van der Waals surface area contributed by atoms with Gasteiger partial charge in [0.25, 0.3) is 5.56 Å². The zero-order valence-electron chi connectivity index (χ0n) is 17.0. The van der Waals surface area contributed by atoms with Crippen LogP contribution in [0.1, 0.15) is 18.4 Å². The topological polar surface area (TPSA) is 71.1 Å². The van der Waals surface area contributed by atoms with Crippen molar-refractivity contribution in [1.82, 2.24) is 18.7 Å². The lowest BCUT2D eigenvalue weighted by Crippen LogP contribution is -2.40. The maximum Gasteiger partial charge on any atom is 0.337 e. The maximum absolute atomic E-state index is 13.5. The molecule has 0 N–H and O–H groups in total. The van der Waals surface area contributed by atoms with Crippen LogP contribution in [0.2, 0.25) is 0 Å². The van der Waals surface area contributed by atoms with Crippen molar-refractivity contribution < 1.29 is 9.13 Å². The number of methoxy groups -OCH3 is 1. The fourth-order valence-electron chi connectivity index (χ4n) is 3.81. The van der Waals surface area contributed by atoms with Gasteiger partial charge in [-0.15, -0.1) is 0 Å². The Labute approximate surface area is 177 Å². The Bertz CT molecular complexity index is 1380. The van der Waals surface area contributed by atoms with E-state index in [1.54, 1.807) is 18.0 Å². The lowest BCUT2D eigenvalue weighted by Gasteiger charge is -2.13. The highest BCUT2D eigenvalue weighted by molar-refractivity contribution is 5.72. The van der Waals surface area contributed by atoms with E-state index in [9.17, 15) is 14.0 Å². The summed E-state index contributed by atoms with van der Waals surface area (Å²) in [4.78, 5) is 31.0. The van der Waals surface area contributed by atoms with Gasteiger partial charge in [0.05, 0.1) is 19.1 Å². The molecule has 158 valence electrons. The van der Waals surface area contributed by atoms with Crippen molar-refractivity contribution >= 4 is 11.2 Å². The first-order chi connectivity index (χ1) is 15.0. The van der Waals surface area contributed by atoms with Crippen LogP contribution in [0.15, 0.2) is 64.4 Å². The van der Waals surface area contributed by atoms with Crippen LogP contribution >= 0.6 is 0 Å². The average molecular weight is 420 g/mol. The van der Waals surface area contributed by atoms with Gasteiger partial charge >= 0.3 is 5.69 Å². The predicted molar refractivity (Wildman–Crippen MR) is 114 cm³/mol. The van der Waals surface area contributed by atoms with Crippen molar-refractivity contribution in [3.63, 3.8) is 0 Å². The number of benzene rings is 2. The van der Waals surface area contributed by atoms with E-state index in [0.29, 0.717) is 30.2 Å². The van der Waals surface area contributed by atoms with E-state index in [1.165, 1.54) is 33.4 Å². The minimum atomic E-state index is -0.456. The Hall–Kier alpha value is -3.68. The molecule has 0 amide bonds. The van der Waals surface area contributed by atoms with Crippen LogP contribution < -0.4 is 16.0 Å². The Balaban J connectivity index is 1.72. The molecule has 2 heterocycles. The van der Waals surface area contributed by atoms with E-state index in [2.05, 4.69) is 4.98 Å². The number of ether oxygens (including phenoxy) is 1. The van der Waals surface area contributed by atoms with Crippen LogP contribution in [-0.4, -0.2) is 25.8 Å². The second-order valence-corrected chi connectivity index (χ2v) is 7.85. The molecule has 2 aromatic heterocycles. The van der Waals surface area contributed by atoms with Gasteiger partial charge < -0.3 is 9.30 Å². The number of hydrogen-bond acceptors (Lipinski definition) is 4. The third kappa shape index (κ3) is 3.54. The Morgan fingerprint density at radius 3 is 2.61 bits per heavy atom. The summed E-state index contributed by atoms with van der Waals surface area (Å²) in [6.07, 6.45) is 3.57. The van der Waals surface area contributed by atoms with E-state index in [-0.39, 0.29) is 11.2 Å². The first kappa shape index (κ1) is 19.3. The van der Waals surface area contributed by atoms with Crippen molar-refractivity contribution in [2.24, 2.45) is 5.92 Å². The van der Waals surface area contributed by atoms with Gasteiger partial charge in [-0.1, -0.05) is 12.1 Å². The lowest BCUT2D eigenvalue weighted by molar-refractivity contribution is 0.414. The molecule has 0 saturated heterocycles. The molecule has 1 aliphatic rings. The van der Waals surface area contributed by atoms with Gasteiger partial charge in [-0.2, -0.15) is 0 Å². The summed E-state index contributed by atoms with van der Waals surface area (Å²) in [5.74, 6) is 0.651. The van der Waals surface area contributed by atoms with Gasteiger partial charge in [-0.25, -0.2) is 18.7 Å². The largest absolute Gasteiger partial charge is 0.497 e.